The molecule has 0 aliphatic rings. The first kappa shape index (κ1) is 14.2. The van der Waals surface area contributed by atoms with E-state index >= 15 is 0 Å². The predicted molar refractivity (Wildman–Crippen MR) is 65.6 cm³/mol. The monoisotopic (exact) mass is 267 g/mol. The summed E-state index contributed by atoms with van der Waals surface area (Å²) in [5.41, 5.74) is 0.610. The lowest BCUT2D eigenvalue weighted by Crippen LogP contribution is -2.37. The van der Waals surface area contributed by atoms with Crippen LogP contribution in [0, 0.1) is 11.3 Å². The first-order valence-electron chi connectivity index (χ1n) is 5.28. The van der Waals surface area contributed by atoms with E-state index in [2.05, 4.69) is 0 Å². The Labute approximate surface area is 106 Å². The third-order valence-corrected chi connectivity index (χ3v) is 4.86. The molecule has 1 rings (SSSR count). The van der Waals surface area contributed by atoms with Crippen molar-refractivity contribution in [1.82, 2.24) is 0 Å². The van der Waals surface area contributed by atoms with Crippen LogP contribution in [0.1, 0.15) is 12.5 Å². The van der Waals surface area contributed by atoms with Crippen molar-refractivity contribution in [2.45, 2.75) is 23.8 Å². The quantitative estimate of drug-likeness (QED) is 0.859. The van der Waals surface area contributed by atoms with Crippen LogP contribution in [0.5, 0.6) is 0 Å². The second-order valence-corrected chi connectivity index (χ2v) is 6.33. The molecule has 0 aromatic heterocycles. The second-order valence-electron chi connectivity index (χ2n) is 3.88. The number of carboxylic acid groups (broad SMARTS) is 1. The van der Waals surface area contributed by atoms with E-state index in [1.807, 2.05) is 0 Å². The Kier molecular flexibility index (Phi) is 4.45. The summed E-state index contributed by atoms with van der Waals surface area (Å²) >= 11 is 0. The number of hydrogen-bond acceptors (Lipinski definition) is 4. The van der Waals surface area contributed by atoms with Crippen molar-refractivity contribution in [2.75, 3.05) is 0 Å². The molecule has 0 aliphatic carbocycles. The highest BCUT2D eigenvalue weighted by Crippen LogP contribution is 2.15. The summed E-state index contributed by atoms with van der Waals surface area (Å²) in [5, 5.41) is 14.8. The Morgan fingerprint density at radius 2 is 1.94 bits per heavy atom. The van der Waals surface area contributed by atoms with Gasteiger partial charge in [-0.3, -0.25) is 4.79 Å². The number of carboxylic acids is 1. The van der Waals surface area contributed by atoms with Crippen LogP contribution in [0.2, 0.25) is 0 Å². The number of rotatable bonds is 5. The number of aliphatic carboxylic acids is 1. The van der Waals surface area contributed by atoms with Gasteiger partial charge in [0.05, 0.1) is 6.07 Å². The van der Waals surface area contributed by atoms with Gasteiger partial charge in [0.2, 0.25) is 0 Å². The Balaban J connectivity index is 3.07. The first-order valence-corrected chi connectivity index (χ1v) is 6.89. The highest BCUT2D eigenvalue weighted by molar-refractivity contribution is 7.93. The molecule has 18 heavy (non-hydrogen) atoms. The first-order chi connectivity index (χ1) is 8.39. The standard InChI is InChI=1S/C12H13NO4S/c1-9(8-13)18(16,17)11(12(14)15)7-10-5-3-2-4-6-10/h2-6,9,11H,7H2,1H3,(H,14,15). The molecule has 1 N–H and O–H groups in total. The van der Waals surface area contributed by atoms with Crippen molar-refractivity contribution < 1.29 is 18.3 Å². The molecule has 0 heterocycles. The summed E-state index contributed by atoms with van der Waals surface area (Å²) in [7, 11) is -4.01. The Hall–Kier alpha value is -1.87. The number of nitrogens with zero attached hydrogens (tertiary/aromatic N) is 1. The summed E-state index contributed by atoms with van der Waals surface area (Å²) < 4.78 is 23.8. The Bertz CT molecular complexity index is 559. The van der Waals surface area contributed by atoms with Crippen LogP contribution in [0.3, 0.4) is 0 Å². The van der Waals surface area contributed by atoms with Crippen molar-refractivity contribution in [3.63, 3.8) is 0 Å². The van der Waals surface area contributed by atoms with Crippen LogP contribution in [0.4, 0.5) is 0 Å². The molecule has 6 heteroatoms. The molecule has 0 radical (unpaired) electrons. The van der Waals surface area contributed by atoms with E-state index in [9.17, 15) is 13.2 Å². The van der Waals surface area contributed by atoms with Gasteiger partial charge in [0, 0.05) is 0 Å². The number of nitriles is 1. The predicted octanol–water partition coefficient (Wildman–Crippen LogP) is 1.01. The molecule has 0 saturated carbocycles. The summed E-state index contributed by atoms with van der Waals surface area (Å²) in [4.78, 5) is 11.1. The molecule has 2 unspecified atom stereocenters. The zero-order chi connectivity index (χ0) is 13.8. The fourth-order valence-electron chi connectivity index (χ4n) is 1.49. The third-order valence-electron chi connectivity index (χ3n) is 2.61. The average molecular weight is 267 g/mol. The van der Waals surface area contributed by atoms with Gasteiger partial charge in [0.25, 0.3) is 0 Å². The lowest BCUT2D eigenvalue weighted by molar-refractivity contribution is -0.136. The average Bonchev–Trinajstić information content (AvgIpc) is 2.35. The van der Waals surface area contributed by atoms with E-state index in [0.717, 1.165) is 0 Å². The van der Waals surface area contributed by atoms with Gasteiger partial charge >= 0.3 is 5.97 Å². The fraction of sp³-hybridized carbons (Fsp3) is 0.333. The van der Waals surface area contributed by atoms with Gasteiger partial charge in [0.15, 0.2) is 15.1 Å². The summed E-state index contributed by atoms with van der Waals surface area (Å²) in [6.07, 6.45) is -0.134. The van der Waals surface area contributed by atoms with Gasteiger partial charge in [0.1, 0.15) is 5.25 Å². The van der Waals surface area contributed by atoms with Crippen LogP contribution in [-0.2, 0) is 21.1 Å². The minimum Gasteiger partial charge on any atom is -0.480 e. The van der Waals surface area contributed by atoms with Gasteiger partial charge in [-0.2, -0.15) is 5.26 Å². The summed E-state index contributed by atoms with van der Waals surface area (Å²) in [6.45, 7) is 1.19. The lowest BCUT2D eigenvalue weighted by atomic mass is 10.1. The van der Waals surface area contributed by atoms with E-state index in [1.165, 1.54) is 6.92 Å². The van der Waals surface area contributed by atoms with E-state index < -0.39 is 26.3 Å². The second kappa shape index (κ2) is 5.65. The largest absolute Gasteiger partial charge is 0.480 e. The Morgan fingerprint density at radius 1 is 1.39 bits per heavy atom. The molecule has 0 fully saturated rings. The van der Waals surface area contributed by atoms with Crippen molar-refractivity contribution in [3.05, 3.63) is 35.9 Å². The van der Waals surface area contributed by atoms with Gasteiger partial charge in [-0.15, -0.1) is 0 Å². The van der Waals surface area contributed by atoms with E-state index in [-0.39, 0.29) is 6.42 Å². The van der Waals surface area contributed by atoms with Crippen LogP contribution in [-0.4, -0.2) is 30.0 Å². The van der Waals surface area contributed by atoms with E-state index in [0.29, 0.717) is 5.56 Å². The van der Waals surface area contributed by atoms with Crippen molar-refractivity contribution in [2.24, 2.45) is 0 Å². The SMILES string of the molecule is CC(C#N)S(=O)(=O)C(Cc1ccccc1)C(=O)O. The van der Waals surface area contributed by atoms with Crippen LogP contribution < -0.4 is 0 Å². The number of sulfone groups is 1. The molecule has 96 valence electrons. The topological polar surface area (TPSA) is 95.2 Å². The maximum absolute atomic E-state index is 11.9. The normalized spacial score (nSPS) is 14.4. The van der Waals surface area contributed by atoms with Crippen molar-refractivity contribution in [1.29, 1.82) is 5.26 Å². The fourth-order valence-corrected chi connectivity index (χ4v) is 2.84. The number of hydrogen-bond donors (Lipinski definition) is 1. The van der Waals surface area contributed by atoms with Crippen LogP contribution >= 0.6 is 0 Å². The van der Waals surface area contributed by atoms with Gasteiger partial charge in [-0.25, -0.2) is 8.42 Å². The molecular formula is C12H13NO4S. The molecule has 1 aromatic carbocycles. The Morgan fingerprint density at radius 3 is 2.39 bits per heavy atom. The van der Waals surface area contributed by atoms with Gasteiger partial charge < -0.3 is 5.11 Å². The van der Waals surface area contributed by atoms with Crippen LogP contribution in [0.15, 0.2) is 30.3 Å². The zero-order valence-corrected chi connectivity index (χ0v) is 10.6. The molecule has 5 nitrogen and oxygen atoms in total. The minimum absolute atomic E-state index is 0.134. The molecule has 0 saturated heterocycles. The molecule has 2 atom stereocenters. The molecule has 0 aliphatic heterocycles. The van der Waals surface area contributed by atoms with Crippen LogP contribution in [0.25, 0.3) is 0 Å². The van der Waals surface area contributed by atoms with E-state index in [4.69, 9.17) is 10.4 Å². The maximum atomic E-state index is 11.9. The van der Waals surface area contributed by atoms with E-state index in [1.54, 1.807) is 36.4 Å². The molecule has 0 spiro atoms. The molecule has 1 aromatic rings. The number of benzene rings is 1. The maximum Gasteiger partial charge on any atom is 0.322 e. The van der Waals surface area contributed by atoms with Crippen molar-refractivity contribution >= 4 is 15.8 Å². The minimum atomic E-state index is -4.01. The molecular weight excluding hydrogens is 254 g/mol. The highest BCUT2D eigenvalue weighted by atomic mass is 32.2. The summed E-state index contributed by atoms with van der Waals surface area (Å²) in [5.74, 6) is -1.43. The van der Waals surface area contributed by atoms with Gasteiger partial charge in [-0.1, -0.05) is 30.3 Å². The smallest absolute Gasteiger partial charge is 0.322 e. The molecule has 0 bridgehead atoms. The molecule has 0 amide bonds. The zero-order valence-electron chi connectivity index (χ0n) is 9.78. The lowest BCUT2D eigenvalue weighted by Gasteiger charge is -2.14. The third kappa shape index (κ3) is 3.08. The van der Waals surface area contributed by atoms with Crippen molar-refractivity contribution in [3.8, 4) is 6.07 Å². The highest BCUT2D eigenvalue weighted by Gasteiger charge is 2.36. The number of carbonyl (C=O) groups is 1. The van der Waals surface area contributed by atoms with Gasteiger partial charge in [-0.05, 0) is 18.9 Å². The summed E-state index contributed by atoms with van der Waals surface area (Å²) in [6, 6.07) is 10.0.